The van der Waals surface area contributed by atoms with Crippen LogP contribution in [0.3, 0.4) is 0 Å². The van der Waals surface area contributed by atoms with Gasteiger partial charge in [-0.05, 0) is 46.2 Å². The summed E-state index contributed by atoms with van der Waals surface area (Å²) in [6, 6.07) is 12.1. The minimum atomic E-state index is -0.565. The maximum absolute atomic E-state index is 13.7. The Morgan fingerprint density at radius 3 is 2.37 bits per heavy atom. The Hall–Kier alpha value is -1.56. The molecule has 0 atom stereocenters. The third kappa shape index (κ3) is 2.20. The number of hydrogen-bond acceptors (Lipinski definition) is 1. The third-order valence-corrected chi connectivity index (χ3v) is 3.96. The second-order valence-corrected chi connectivity index (χ2v) is 5.21. The molecule has 0 radical (unpaired) electrons. The molecule has 0 saturated heterocycles. The largest absolute Gasteiger partial charge is 0.256 e. The van der Waals surface area contributed by atoms with E-state index in [1.54, 1.807) is 28.8 Å². The molecule has 0 aliphatic heterocycles. The van der Waals surface area contributed by atoms with E-state index in [4.69, 9.17) is 0 Å². The molecule has 1 aromatic heterocycles. The van der Waals surface area contributed by atoms with Crippen LogP contribution in [0.1, 0.15) is 0 Å². The van der Waals surface area contributed by atoms with Gasteiger partial charge in [0.05, 0.1) is 9.26 Å². The first-order valence-electron chi connectivity index (χ1n) is 5.65. The average Bonchev–Trinajstić information content (AvgIpc) is 2.43. The molecule has 0 spiro atoms. The van der Waals surface area contributed by atoms with Crippen molar-refractivity contribution in [3.05, 3.63) is 63.9 Å². The Bertz CT molecular complexity index is 743. The summed E-state index contributed by atoms with van der Waals surface area (Å²) in [4.78, 5) is 4.25. The highest BCUT2D eigenvalue weighted by Crippen LogP contribution is 2.29. The van der Waals surface area contributed by atoms with E-state index in [1.807, 2.05) is 30.3 Å². The van der Waals surface area contributed by atoms with Gasteiger partial charge in [0.2, 0.25) is 0 Å². The number of aromatic nitrogens is 1. The van der Waals surface area contributed by atoms with Gasteiger partial charge in [0.1, 0.15) is 11.6 Å². The Labute approximate surface area is 122 Å². The van der Waals surface area contributed by atoms with Crippen molar-refractivity contribution in [2.75, 3.05) is 0 Å². The minimum Gasteiger partial charge on any atom is -0.256 e. The number of fused-ring (bicyclic) bond motifs is 1. The number of rotatable bonds is 1. The molecule has 0 aliphatic rings. The topological polar surface area (TPSA) is 12.9 Å². The number of halogens is 3. The molecular formula is C15H8F2IN. The molecule has 0 aliphatic carbocycles. The molecule has 0 amide bonds. The SMILES string of the molecule is Fc1cc(-c2nccc3ccccc23)cc(F)c1I. The van der Waals surface area contributed by atoms with Crippen LogP contribution in [0.4, 0.5) is 8.78 Å². The van der Waals surface area contributed by atoms with E-state index in [2.05, 4.69) is 4.98 Å². The molecule has 0 saturated carbocycles. The summed E-state index contributed by atoms with van der Waals surface area (Å²) in [5.74, 6) is -1.13. The highest BCUT2D eigenvalue weighted by Gasteiger charge is 2.12. The Morgan fingerprint density at radius 1 is 0.947 bits per heavy atom. The van der Waals surface area contributed by atoms with Crippen LogP contribution in [-0.2, 0) is 0 Å². The molecule has 0 unspecified atom stereocenters. The quantitative estimate of drug-likeness (QED) is 0.446. The van der Waals surface area contributed by atoms with Gasteiger partial charge in [-0.15, -0.1) is 0 Å². The smallest absolute Gasteiger partial charge is 0.140 e. The van der Waals surface area contributed by atoms with Gasteiger partial charge in [-0.25, -0.2) is 8.78 Å². The van der Waals surface area contributed by atoms with Crippen molar-refractivity contribution in [3.63, 3.8) is 0 Å². The summed E-state index contributed by atoms with van der Waals surface area (Å²) in [5, 5.41) is 1.87. The number of hydrogen-bond donors (Lipinski definition) is 0. The molecule has 3 aromatic rings. The monoisotopic (exact) mass is 367 g/mol. The first kappa shape index (κ1) is 12.5. The van der Waals surface area contributed by atoms with Crippen LogP contribution in [0.5, 0.6) is 0 Å². The zero-order chi connectivity index (χ0) is 13.4. The van der Waals surface area contributed by atoms with Crippen molar-refractivity contribution in [2.45, 2.75) is 0 Å². The lowest BCUT2D eigenvalue weighted by Gasteiger charge is -2.07. The Morgan fingerprint density at radius 2 is 1.63 bits per heavy atom. The average molecular weight is 367 g/mol. The van der Waals surface area contributed by atoms with E-state index in [0.29, 0.717) is 11.3 Å². The molecule has 1 heterocycles. The van der Waals surface area contributed by atoms with E-state index in [9.17, 15) is 8.78 Å². The second kappa shape index (κ2) is 4.85. The summed E-state index contributed by atoms with van der Waals surface area (Å²) in [6.45, 7) is 0. The van der Waals surface area contributed by atoms with Gasteiger partial charge in [0, 0.05) is 17.1 Å². The van der Waals surface area contributed by atoms with E-state index >= 15 is 0 Å². The van der Waals surface area contributed by atoms with Crippen molar-refractivity contribution in [3.8, 4) is 11.3 Å². The zero-order valence-electron chi connectivity index (χ0n) is 9.70. The number of nitrogens with zero attached hydrogens (tertiary/aromatic N) is 1. The molecule has 94 valence electrons. The van der Waals surface area contributed by atoms with Crippen molar-refractivity contribution < 1.29 is 8.78 Å². The van der Waals surface area contributed by atoms with Gasteiger partial charge in [0.25, 0.3) is 0 Å². The summed E-state index contributed by atoms with van der Waals surface area (Å²) in [6.07, 6.45) is 1.64. The summed E-state index contributed by atoms with van der Waals surface area (Å²) >= 11 is 1.65. The molecule has 4 heteroatoms. The summed E-state index contributed by atoms with van der Waals surface area (Å²) in [5.41, 5.74) is 1.04. The van der Waals surface area contributed by atoms with Crippen LogP contribution in [0.15, 0.2) is 48.7 Å². The Balaban J connectivity index is 2.31. The van der Waals surface area contributed by atoms with Crippen molar-refractivity contribution in [1.29, 1.82) is 0 Å². The molecular weight excluding hydrogens is 359 g/mol. The normalized spacial score (nSPS) is 10.9. The van der Waals surface area contributed by atoms with Gasteiger partial charge in [-0.1, -0.05) is 24.3 Å². The molecule has 1 nitrogen and oxygen atoms in total. The number of benzene rings is 2. The standard InChI is InChI=1S/C15H8F2IN/c16-12-7-10(8-13(17)14(12)18)15-11-4-2-1-3-9(11)5-6-19-15/h1-8H. The van der Waals surface area contributed by atoms with Crippen LogP contribution in [-0.4, -0.2) is 4.98 Å². The fraction of sp³-hybridized carbons (Fsp3) is 0. The van der Waals surface area contributed by atoms with E-state index < -0.39 is 11.6 Å². The lowest BCUT2D eigenvalue weighted by Crippen LogP contribution is -1.92. The van der Waals surface area contributed by atoms with Gasteiger partial charge in [-0.3, -0.25) is 4.98 Å². The lowest BCUT2D eigenvalue weighted by molar-refractivity contribution is 0.571. The molecule has 0 bridgehead atoms. The van der Waals surface area contributed by atoms with Crippen LogP contribution in [0.2, 0.25) is 0 Å². The van der Waals surface area contributed by atoms with Crippen LogP contribution >= 0.6 is 22.6 Å². The molecule has 3 rings (SSSR count). The molecule has 0 fully saturated rings. The Kier molecular flexibility index (Phi) is 3.18. The van der Waals surface area contributed by atoms with Crippen molar-refractivity contribution in [2.24, 2.45) is 0 Å². The van der Waals surface area contributed by atoms with Crippen molar-refractivity contribution >= 4 is 33.4 Å². The van der Waals surface area contributed by atoms with E-state index in [0.717, 1.165) is 10.8 Å². The first-order valence-corrected chi connectivity index (χ1v) is 6.73. The third-order valence-electron chi connectivity index (χ3n) is 2.93. The highest BCUT2D eigenvalue weighted by molar-refractivity contribution is 14.1. The fourth-order valence-corrected chi connectivity index (χ4v) is 2.35. The maximum atomic E-state index is 13.7. The molecule has 19 heavy (non-hydrogen) atoms. The van der Waals surface area contributed by atoms with Crippen LogP contribution < -0.4 is 0 Å². The van der Waals surface area contributed by atoms with Gasteiger partial charge in [-0.2, -0.15) is 0 Å². The summed E-state index contributed by atoms with van der Waals surface area (Å²) < 4.78 is 27.3. The van der Waals surface area contributed by atoms with Crippen LogP contribution in [0.25, 0.3) is 22.0 Å². The van der Waals surface area contributed by atoms with Gasteiger partial charge in [0.15, 0.2) is 0 Å². The van der Waals surface area contributed by atoms with E-state index in [-0.39, 0.29) is 3.57 Å². The zero-order valence-corrected chi connectivity index (χ0v) is 11.9. The predicted octanol–water partition coefficient (Wildman–Crippen LogP) is 4.78. The first-order chi connectivity index (χ1) is 9.16. The predicted molar refractivity (Wildman–Crippen MR) is 79.8 cm³/mol. The van der Waals surface area contributed by atoms with Gasteiger partial charge < -0.3 is 0 Å². The van der Waals surface area contributed by atoms with Crippen LogP contribution in [0, 0.1) is 15.2 Å². The summed E-state index contributed by atoms with van der Waals surface area (Å²) in [7, 11) is 0. The number of pyridine rings is 1. The highest BCUT2D eigenvalue weighted by atomic mass is 127. The lowest BCUT2D eigenvalue weighted by atomic mass is 10.0. The second-order valence-electron chi connectivity index (χ2n) is 4.13. The molecule has 2 aromatic carbocycles. The maximum Gasteiger partial charge on any atom is 0.140 e. The molecule has 0 N–H and O–H groups in total. The fourth-order valence-electron chi connectivity index (χ4n) is 2.04. The van der Waals surface area contributed by atoms with E-state index in [1.165, 1.54) is 12.1 Å². The van der Waals surface area contributed by atoms with Gasteiger partial charge >= 0.3 is 0 Å². The minimum absolute atomic E-state index is 0.00147. The van der Waals surface area contributed by atoms with Crippen molar-refractivity contribution in [1.82, 2.24) is 4.98 Å².